The molecule has 0 saturated carbocycles. The first kappa shape index (κ1) is 18.3. The number of carbonyl (C=O) groups is 3. The standard InChI is InChI=1S/C21H19ClO4/c1-2-3-11-26-21(25)17(22)12-13-7-6-10-16-18(13)20(24)15-9-5-4-8-14(15)19(16)23/h4-10,17H,2-3,11-12H2,1H3. The van der Waals surface area contributed by atoms with Crippen molar-refractivity contribution in [3.63, 3.8) is 0 Å². The van der Waals surface area contributed by atoms with Crippen LogP contribution in [0.3, 0.4) is 0 Å². The van der Waals surface area contributed by atoms with Crippen LogP contribution in [0, 0.1) is 0 Å². The number of benzene rings is 2. The van der Waals surface area contributed by atoms with Crippen LogP contribution in [0.15, 0.2) is 42.5 Å². The molecule has 0 aromatic heterocycles. The van der Waals surface area contributed by atoms with Crippen molar-refractivity contribution in [2.24, 2.45) is 0 Å². The number of rotatable bonds is 6. The molecule has 3 rings (SSSR count). The van der Waals surface area contributed by atoms with Gasteiger partial charge in [0.1, 0.15) is 5.38 Å². The maximum absolute atomic E-state index is 12.9. The highest BCUT2D eigenvalue weighted by Crippen LogP contribution is 2.30. The molecule has 1 aliphatic carbocycles. The average molecular weight is 371 g/mol. The maximum Gasteiger partial charge on any atom is 0.324 e. The van der Waals surface area contributed by atoms with E-state index in [2.05, 4.69) is 0 Å². The number of fused-ring (bicyclic) bond motifs is 2. The topological polar surface area (TPSA) is 60.4 Å². The molecule has 134 valence electrons. The Morgan fingerprint density at radius 2 is 1.65 bits per heavy atom. The van der Waals surface area contributed by atoms with Gasteiger partial charge in [0.05, 0.1) is 6.61 Å². The van der Waals surface area contributed by atoms with Gasteiger partial charge in [-0.15, -0.1) is 11.6 Å². The number of hydrogen-bond donors (Lipinski definition) is 0. The highest BCUT2D eigenvalue weighted by Gasteiger charge is 2.32. The Labute approximate surface area is 157 Å². The second-order valence-electron chi connectivity index (χ2n) is 6.24. The van der Waals surface area contributed by atoms with E-state index in [1.54, 1.807) is 42.5 Å². The molecular weight excluding hydrogens is 352 g/mol. The first-order valence-corrected chi connectivity index (χ1v) is 9.09. The second-order valence-corrected chi connectivity index (χ2v) is 6.76. The van der Waals surface area contributed by atoms with Gasteiger partial charge in [-0.1, -0.05) is 55.8 Å². The minimum Gasteiger partial charge on any atom is -0.465 e. The largest absolute Gasteiger partial charge is 0.465 e. The quantitative estimate of drug-likeness (QED) is 0.374. The third-order valence-corrected chi connectivity index (χ3v) is 4.77. The fourth-order valence-electron chi connectivity index (χ4n) is 3.07. The Balaban J connectivity index is 1.89. The number of halogens is 1. The predicted molar refractivity (Wildman–Crippen MR) is 99.0 cm³/mol. The molecule has 0 saturated heterocycles. The Morgan fingerprint density at radius 3 is 2.35 bits per heavy atom. The van der Waals surface area contributed by atoms with Crippen LogP contribution in [0.25, 0.3) is 0 Å². The summed E-state index contributed by atoms with van der Waals surface area (Å²) >= 11 is 6.20. The maximum atomic E-state index is 12.9. The number of alkyl halides is 1. The van der Waals surface area contributed by atoms with Crippen molar-refractivity contribution >= 4 is 29.1 Å². The minimum atomic E-state index is -0.904. The molecule has 2 aromatic carbocycles. The number of unbranched alkanes of at least 4 members (excludes halogenated alkanes) is 1. The van der Waals surface area contributed by atoms with Crippen molar-refractivity contribution in [1.82, 2.24) is 0 Å². The molecule has 26 heavy (non-hydrogen) atoms. The molecule has 1 unspecified atom stereocenters. The van der Waals surface area contributed by atoms with Gasteiger partial charge in [0.25, 0.3) is 0 Å². The fourth-order valence-corrected chi connectivity index (χ4v) is 3.30. The zero-order chi connectivity index (χ0) is 18.7. The lowest BCUT2D eigenvalue weighted by atomic mass is 9.81. The Kier molecular flexibility index (Phi) is 5.52. The number of ketones is 2. The van der Waals surface area contributed by atoms with Crippen LogP contribution in [0.5, 0.6) is 0 Å². The molecular formula is C21H19ClO4. The van der Waals surface area contributed by atoms with Gasteiger partial charge < -0.3 is 4.74 Å². The van der Waals surface area contributed by atoms with Crippen LogP contribution >= 0.6 is 11.6 Å². The van der Waals surface area contributed by atoms with E-state index < -0.39 is 11.3 Å². The Bertz CT molecular complexity index is 872. The van der Waals surface area contributed by atoms with Gasteiger partial charge in [0.2, 0.25) is 0 Å². The van der Waals surface area contributed by atoms with E-state index >= 15 is 0 Å². The lowest BCUT2D eigenvalue weighted by molar-refractivity contribution is -0.143. The molecule has 1 aliphatic rings. The average Bonchev–Trinajstić information content (AvgIpc) is 2.66. The van der Waals surface area contributed by atoms with E-state index in [0.717, 1.165) is 12.8 Å². The molecule has 0 bridgehead atoms. The number of carbonyl (C=O) groups excluding carboxylic acids is 3. The van der Waals surface area contributed by atoms with Crippen LogP contribution in [0.4, 0.5) is 0 Å². The Morgan fingerprint density at radius 1 is 1.00 bits per heavy atom. The third kappa shape index (κ3) is 3.42. The van der Waals surface area contributed by atoms with Crippen LogP contribution in [-0.2, 0) is 16.0 Å². The van der Waals surface area contributed by atoms with Crippen LogP contribution in [0.2, 0.25) is 0 Å². The number of ether oxygens (including phenoxy) is 1. The van der Waals surface area contributed by atoms with Gasteiger partial charge in [-0.05, 0) is 12.0 Å². The Hall–Kier alpha value is -2.46. The molecule has 0 aliphatic heterocycles. The monoisotopic (exact) mass is 370 g/mol. The van der Waals surface area contributed by atoms with Gasteiger partial charge in [-0.25, -0.2) is 0 Å². The van der Waals surface area contributed by atoms with E-state index in [-0.39, 0.29) is 18.0 Å². The van der Waals surface area contributed by atoms with Crippen LogP contribution in [0.1, 0.15) is 57.2 Å². The normalized spacial score (nSPS) is 13.8. The summed E-state index contributed by atoms with van der Waals surface area (Å²) in [5, 5.41) is -0.904. The van der Waals surface area contributed by atoms with Crippen molar-refractivity contribution in [3.05, 3.63) is 70.3 Å². The number of hydrogen-bond acceptors (Lipinski definition) is 4. The van der Waals surface area contributed by atoms with Crippen LogP contribution < -0.4 is 0 Å². The molecule has 0 amide bonds. The summed E-state index contributed by atoms with van der Waals surface area (Å²) in [5.41, 5.74) is 2.07. The molecule has 0 fully saturated rings. The third-order valence-electron chi connectivity index (χ3n) is 4.44. The number of esters is 1. The molecule has 2 aromatic rings. The van der Waals surface area contributed by atoms with Gasteiger partial charge in [0.15, 0.2) is 11.6 Å². The van der Waals surface area contributed by atoms with Gasteiger partial charge in [-0.3, -0.25) is 14.4 Å². The summed E-state index contributed by atoms with van der Waals surface area (Å²) < 4.78 is 5.14. The van der Waals surface area contributed by atoms with E-state index in [1.165, 1.54) is 0 Å². The molecule has 0 spiro atoms. The van der Waals surface area contributed by atoms with Crippen LogP contribution in [-0.4, -0.2) is 29.5 Å². The van der Waals surface area contributed by atoms with E-state index in [0.29, 0.717) is 34.4 Å². The summed E-state index contributed by atoms with van der Waals surface area (Å²) in [5.74, 6) is -0.907. The second kappa shape index (κ2) is 7.83. The molecule has 4 nitrogen and oxygen atoms in total. The van der Waals surface area contributed by atoms with Crippen molar-refractivity contribution in [1.29, 1.82) is 0 Å². The lowest BCUT2D eigenvalue weighted by Gasteiger charge is -2.20. The summed E-state index contributed by atoms with van der Waals surface area (Å²) in [6.07, 6.45) is 1.83. The molecule has 0 N–H and O–H groups in total. The van der Waals surface area contributed by atoms with E-state index in [1.807, 2.05) is 6.92 Å². The zero-order valence-electron chi connectivity index (χ0n) is 14.5. The van der Waals surface area contributed by atoms with Crippen molar-refractivity contribution < 1.29 is 19.1 Å². The minimum absolute atomic E-state index is 0.136. The smallest absolute Gasteiger partial charge is 0.324 e. The fraction of sp³-hybridized carbons (Fsp3) is 0.286. The first-order chi connectivity index (χ1) is 12.5. The predicted octanol–water partition coefficient (Wildman–Crippen LogP) is 3.96. The van der Waals surface area contributed by atoms with Crippen molar-refractivity contribution in [2.45, 2.75) is 31.6 Å². The first-order valence-electron chi connectivity index (χ1n) is 8.65. The molecule has 0 heterocycles. The van der Waals surface area contributed by atoms with Gasteiger partial charge in [0, 0.05) is 28.7 Å². The zero-order valence-corrected chi connectivity index (χ0v) is 15.2. The summed E-state index contributed by atoms with van der Waals surface area (Å²) in [7, 11) is 0. The summed E-state index contributed by atoms with van der Waals surface area (Å²) in [6.45, 7) is 2.33. The SMILES string of the molecule is CCCCOC(=O)C(Cl)Cc1cccc2c1C(=O)c1ccccc1C2=O. The van der Waals surface area contributed by atoms with Gasteiger partial charge in [-0.2, -0.15) is 0 Å². The van der Waals surface area contributed by atoms with E-state index in [9.17, 15) is 14.4 Å². The summed E-state index contributed by atoms with van der Waals surface area (Å²) in [6, 6.07) is 11.8. The lowest BCUT2D eigenvalue weighted by Crippen LogP contribution is -2.25. The molecule has 0 radical (unpaired) electrons. The van der Waals surface area contributed by atoms with Crippen molar-refractivity contribution in [2.75, 3.05) is 6.61 Å². The highest BCUT2D eigenvalue weighted by molar-refractivity contribution is 6.31. The van der Waals surface area contributed by atoms with Gasteiger partial charge >= 0.3 is 5.97 Å². The molecule has 1 atom stereocenters. The van der Waals surface area contributed by atoms with Crippen molar-refractivity contribution in [3.8, 4) is 0 Å². The van der Waals surface area contributed by atoms with E-state index in [4.69, 9.17) is 16.3 Å². The molecule has 5 heteroatoms. The summed E-state index contributed by atoms with van der Waals surface area (Å²) in [4.78, 5) is 37.7. The highest BCUT2D eigenvalue weighted by atomic mass is 35.5.